The number of rotatable bonds is 10. The summed E-state index contributed by atoms with van der Waals surface area (Å²) in [6.07, 6.45) is 0. The molecule has 0 saturated heterocycles. The zero-order valence-electron chi connectivity index (χ0n) is 20.7. The molecule has 0 aliphatic carbocycles. The first-order valence-corrected chi connectivity index (χ1v) is 12.4. The van der Waals surface area contributed by atoms with Crippen LogP contribution in [0.3, 0.4) is 0 Å². The molecule has 4 nitrogen and oxygen atoms in total. The Morgan fingerprint density at radius 3 is 1.05 bits per heavy atom. The third kappa shape index (κ3) is 6.23. The Labute approximate surface area is 222 Å². The number of ether oxygens (including phenoxy) is 2. The average Bonchev–Trinajstić information content (AvgIpc) is 3.00. The number of hydrogen-bond acceptors (Lipinski definition) is 4. The Bertz CT molecular complexity index is 1370. The molecule has 4 heteroatoms. The predicted octanol–water partition coefficient (Wildman–Crippen LogP) is 7.31. The van der Waals surface area contributed by atoms with Crippen molar-refractivity contribution in [1.29, 1.82) is 0 Å². The smallest absolute Gasteiger partial charge is 0.193 e. The standard InChI is InChI=1S/C34H26O4/c35-33(27-7-3-1-4-8-27)29-15-11-25(12-16-29)23-37-31-19-21-32(22-20-31)38-24-26-13-17-30(18-14-26)34(36)28-9-5-2-6-10-28/h1-22H,23-24H2. The Balaban J connectivity index is 1.10. The predicted molar refractivity (Wildman–Crippen MR) is 148 cm³/mol. The van der Waals surface area contributed by atoms with Gasteiger partial charge in [-0.05, 0) is 35.4 Å². The highest BCUT2D eigenvalue weighted by Crippen LogP contribution is 2.21. The molecule has 0 heterocycles. The van der Waals surface area contributed by atoms with Gasteiger partial charge in [0.05, 0.1) is 0 Å². The number of carbonyl (C=O) groups excluding carboxylic acids is 2. The van der Waals surface area contributed by atoms with E-state index < -0.39 is 0 Å². The minimum Gasteiger partial charge on any atom is -0.489 e. The van der Waals surface area contributed by atoms with Gasteiger partial charge in [-0.1, -0.05) is 109 Å². The summed E-state index contributed by atoms with van der Waals surface area (Å²) in [6.45, 7) is 0.794. The van der Waals surface area contributed by atoms with Crippen molar-refractivity contribution in [2.75, 3.05) is 0 Å². The second kappa shape index (κ2) is 11.8. The lowest BCUT2D eigenvalue weighted by Crippen LogP contribution is -2.02. The van der Waals surface area contributed by atoms with E-state index >= 15 is 0 Å². The summed E-state index contributed by atoms with van der Waals surface area (Å²) < 4.78 is 11.8. The molecule has 0 saturated carbocycles. The highest BCUT2D eigenvalue weighted by atomic mass is 16.5. The van der Waals surface area contributed by atoms with Crippen molar-refractivity contribution in [2.45, 2.75) is 13.2 Å². The fourth-order valence-electron chi connectivity index (χ4n) is 3.98. The van der Waals surface area contributed by atoms with E-state index in [1.165, 1.54) is 0 Å². The van der Waals surface area contributed by atoms with Crippen LogP contribution in [0.4, 0.5) is 0 Å². The first-order valence-electron chi connectivity index (χ1n) is 12.4. The van der Waals surface area contributed by atoms with Crippen molar-refractivity contribution in [1.82, 2.24) is 0 Å². The summed E-state index contributed by atoms with van der Waals surface area (Å²) in [5.74, 6) is 1.46. The molecule has 0 N–H and O–H groups in total. The maximum Gasteiger partial charge on any atom is 0.193 e. The Morgan fingerprint density at radius 1 is 0.395 bits per heavy atom. The van der Waals surface area contributed by atoms with E-state index in [1.54, 1.807) is 0 Å². The van der Waals surface area contributed by atoms with Crippen LogP contribution in [-0.4, -0.2) is 11.6 Å². The molecule has 0 spiro atoms. The van der Waals surface area contributed by atoms with E-state index in [0.717, 1.165) is 22.6 Å². The van der Waals surface area contributed by atoms with E-state index in [9.17, 15) is 9.59 Å². The van der Waals surface area contributed by atoms with Crippen LogP contribution in [0.5, 0.6) is 11.5 Å². The van der Waals surface area contributed by atoms with Crippen molar-refractivity contribution in [3.05, 3.63) is 167 Å². The zero-order chi connectivity index (χ0) is 26.2. The Hall–Kier alpha value is -4.96. The lowest BCUT2D eigenvalue weighted by Gasteiger charge is -2.10. The normalized spacial score (nSPS) is 10.5. The van der Waals surface area contributed by atoms with Gasteiger partial charge in [0, 0.05) is 22.3 Å². The summed E-state index contributed by atoms with van der Waals surface area (Å²) in [5.41, 5.74) is 4.61. The van der Waals surface area contributed by atoms with E-state index in [-0.39, 0.29) is 11.6 Å². The van der Waals surface area contributed by atoms with Crippen LogP contribution in [0.15, 0.2) is 133 Å². The summed E-state index contributed by atoms with van der Waals surface area (Å²) in [6, 6.07) is 40.9. The van der Waals surface area contributed by atoms with Crippen molar-refractivity contribution in [3.8, 4) is 11.5 Å². The molecule has 0 aliphatic heterocycles. The van der Waals surface area contributed by atoms with Gasteiger partial charge in [0.2, 0.25) is 0 Å². The Morgan fingerprint density at radius 2 is 0.711 bits per heavy atom. The van der Waals surface area contributed by atoms with Crippen molar-refractivity contribution in [2.24, 2.45) is 0 Å². The second-order valence-electron chi connectivity index (χ2n) is 8.83. The van der Waals surface area contributed by atoms with Crippen molar-refractivity contribution < 1.29 is 19.1 Å². The van der Waals surface area contributed by atoms with Crippen molar-refractivity contribution >= 4 is 11.6 Å². The van der Waals surface area contributed by atoms with Crippen LogP contribution in [0.2, 0.25) is 0 Å². The van der Waals surface area contributed by atoms with Gasteiger partial charge in [0.25, 0.3) is 0 Å². The lowest BCUT2D eigenvalue weighted by molar-refractivity contribution is 0.103. The zero-order valence-corrected chi connectivity index (χ0v) is 20.7. The van der Waals surface area contributed by atoms with E-state index in [4.69, 9.17) is 9.47 Å². The molecule has 0 unspecified atom stereocenters. The van der Waals surface area contributed by atoms with Crippen LogP contribution in [0.1, 0.15) is 43.0 Å². The van der Waals surface area contributed by atoms with Crippen LogP contribution in [0.25, 0.3) is 0 Å². The first kappa shape index (κ1) is 24.7. The molecule has 0 fully saturated rings. The topological polar surface area (TPSA) is 52.6 Å². The van der Waals surface area contributed by atoms with Crippen molar-refractivity contribution in [3.63, 3.8) is 0 Å². The van der Waals surface area contributed by atoms with Crippen LogP contribution < -0.4 is 9.47 Å². The fourth-order valence-corrected chi connectivity index (χ4v) is 3.98. The summed E-state index contributed by atoms with van der Waals surface area (Å²) in [7, 11) is 0. The van der Waals surface area contributed by atoms with Gasteiger partial charge in [-0.3, -0.25) is 9.59 Å². The quantitative estimate of drug-likeness (QED) is 0.190. The van der Waals surface area contributed by atoms with E-state index in [1.807, 2.05) is 133 Å². The molecule has 0 aromatic heterocycles. The Kier molecular flexibility index (Phi) is 7.71. The molecule has 0 amide bonds. The SMILES string of the molecule is O=C(c1ccccc1)c1ccc(COc2ccc(OCc3ccc(C(=O)c4ccccc4)cc3)cc2)cc1. The summed E-state index contributed by atoms with van der Waals surface area (Å²) >= 11 is 0. The fraction of sp³-hybridized carbons (Fsp3) is 0.0588. The summed E-state index contributed by atoms with van der Waals surface area (Å²) in [4.78, 5) is 25.1. The molecule has 5 aromatic rings. The average molecular weight is 499 g/mol. The number of benzene rings is 5. The van der Waals surface area contributed by atoms with Gasteiger partial charge < -0.3 is 9.47 Å². The van der Waals surface area contributed by atoms with Crippen LogP contribution in [-0.2, 0) is 13.2 Å². The highest BCUT2D eigenvalue weighted by Gasteiger charge is 2.09. The van der Waals surface area contributed by atoms with E-state index in [2.05, 4.69) is 0 Å². The van der Waals surface area contributed by atoms with Gasteiger partial charge in [-0.25, -0.2) is 0 Å². The van der Waals surface area contributed by atoms with E-state index in [0.29, 0.717) is 35.5 Å². The van der Waals surface area contributed by atoms with Crippen LogP contribution in [0, 0.1) is 0 Å². The molecule has 5 aromatic carbocycles. The summed E-state index contributed by atoms with van der Waals surface area (Å²) in [5, 5.41) is 0. The molecule has 0 aliphatic rings. The molecule has 0 radical (unpaired) electrons. The van der Waals surface area contributed by atoms with Crippen LogP contribution >= 0.6 is 0 Å². The number of ketones is 2. The monoisotopic (exact) mass is 498 g/mol. The van der Waals surface area contributed by atoms with Gasteiger partial charge in [-0.2, -0.15) is 0 Å². The van der Waals surface area contributed by atoms with Gasteiger partial charge in [0.15, 0.2) is 11.6 Å². The number of hydrogen-bond donors (Lipinski definition) is 0. The third-order valence-electron chi connectivity index (χ3n) is 6.14. The number of carbonyl (C=O) groups is 2. The minimum absolute atomic E-state index is 0.00488. The molecule has 38 heavy (non-hydrogen) atoms. The molecular weight excluding hydrogens is 472 g/mol. The van der Waals surface area contributed by atoms with Gasteiger partial charge >= 0.3 is 0 Å². The second-order valence-corrected chi connectivity index (χ2v) is 8.83. The first-order chi connectivity index (χ1) is 18.7. The van der Waals surface area contributed by atoms with Gasteiger partial charge in [0.1, 0.15) is 24.7 Å². The highest BCUT2D eigenvalue weighted by molar-refractivity contribution is 6.09. The molecule has 5 rings (SSSR count). The molecule has 0 bridgehead atoms. The molecule has 186 valence electrons. The maximum atomic E-state index is 12.6. The van der Waals surface area contributed by atoms with Gasteiger partial charge in [-0.15, -0.1) is 0 Å². The maximum absolute atomic E-state index is 12.6. The molecular formula is C34H26O4. The third-order valence-corrected chi connectivity index (χ3v) is 6.14. The minimum atomic E-state index is 0.00488. The largest absolute Gasteiger partial charge is 0.489 e. The molecule has 0 atom stereocenters. The lowest BCUT2D eigenvalue weighted by atomic mass is 10.0.